The number of furan rings is 1. The number of carbonyl (C=O) groups is 1. The van der Waals surface area contributed by atoms with E-state index in [-0.39, 0.29) is 11.9 Å². The van der Waals surface area contributed by atoms with E-state index in [1.807, 2.05) is 30.3 Å². The maximum Gasteiger partial charge on any atom is 0.244 e. The van der Waals surface area contributed by atoms with Crippen molar-refractivity contribution in [2.24, 2.45) is 0 Å². The van der Waals surface area contributed by atoms with Gasteiger partial charge in [0.25, 0.3) is 0 Å². The molecule has 132 valence electrons. The zero-order chi connectivity index (χ0) is 17.5. The van der Waals surface area contributed by atoms with Crippen LogP contribution < -0.4 is 5.32 Å². The lowest BCUT2D eigenvalue weighted by molar-refractivity contribution is -0.116. The van der Waals surface area contributed by atoms with Crippen LogP contribution in [0.4, 0.5) is 0 Å². The van der Waals surface area contributed by atoms with Gasteiger partial charge in [-0.05, 0) is 29.8 Å². The molecular formula is C19H21ClN2O3. The van der Waals surface area contributed by atoms with Crippen LogP contribution in [0.15, 0.2) is 53.2 Å². The second-order valence-electron chi connectivity index (χ2n) is 5.78. The van der Waals surface area contributed by atoms with Crippen LogP contribution in [-0.2, 0) is 9.53 Å². The molecule has 0 saturated carbocycles. The molecule has 0 spiro atoms. The van der Waals surface area contributed by atoms with Gasteiger partial charge in [-0.3, -0.25) is 9.69 Å². The summed E-state index contributed by atoms with van der Waals surface area (Å²) in [7, 11) is 0. The molecule has 1 amide bonds. The van der Waals surface area contributed by atoms with Crippen LogP contribution in [-0.4, -0.2) is 43.7 Å². The van der Waals surface area contributed by atoms with Gasteiger partial charge in [-0.25, -0.2) is 0 Å². The van der Waals surface area contributed by atoms with Gasteiger partial charge < -0.3 is 14.5 Å². The topological polar surface area (TPSA) is 54.7 Å². The Morgan fingerprint density at radius 3 is 2.76 bits per heavy atom. The normalized spacial score (nSPS) is 16.8. The van der Waals surface area contributed by atoms with E-state index in [4.69, 9.17) is 20.8 Å². The Balaban J connectivity index is 1.60. The van der Waals surface area contributed by atoms with Crippen LogP contribution in [0.1, 0.15) is 17.4 Å². The van der Waals surface area contributed by atoms with E-state index in [1.165, 1.54) is 6.08 Å². The monoisotopic (exact) mass is 360 g/mol. The van der Waals surface area contributed by atoms with Crippen molar-refractivity contribution >= 4 is 23.6 Å². The van der Waals surface area contributed by atoms with Gasteiger partial charge >= 0.3 is 0 Å². The molecule has 1 aliphatic heterocycles. The predicted molar refractivity (Wildman–Crippen MR) is 97.3 cm³/mol. The van der Waals surface area contributed by atoms with Crippen molar-refractivity contribution in [1.82, 2.24) is 10.2 Å². The Morgan fingerprint density at radius 1 is 1.24 bits per heavy atom. The molecule has 5 nitrogen and oxygen atoms in total. The first-order valence-corrected chi connectivity index (χ1v) is 8.67. The van der Waals surface area contributed by atoms with E-state index in [9.17, 15) is 4.79 Å². The molecule has 25 heavy (non-hydrogen) atoms. The Hall–Kier alpha value is -2.08. The SMILES string of the molecule is O=C(/C=C/c1ccccc1Cl)NCC(c1ccco1)N1CCOCC1. The number of morpholine rings is 1. The van der Waals surface area contributed by atoms with Gasteiger partial charge in [0.1, 0.15) is 5.76 Å². The third-order valence-electron chi connectivity index (χ3n) is 4.15. The van der Waals surface area contributed by atoms with Crippen molar-refractivity contribution in [2.75, 3.05) is 32.8 Å². The Bertz CT molecular complexity index is 709. The fourth-order valence-electron chi connectivity index (χ4n) is 2.81. The van der Waals surface area contributed by atoms with E-state index in [0.29, 0.717) is 24.8 Å². The second-order valence-corrected chi connectivity index (χ2v) is 6.19. The fraction of sp³-hybridized carbons (Fsp3) is 0.316. The summed E-state index contributed by atoms with van der Waals surface area (Å²) >= 11 is 6.09. The van der Waals surface area contributed by atoms with Crippen molar-refractivity contribution in [3.63, 3.8) is 0 Å². The van der Waals surface area contributed by atoms with Crippen molar-refractivity contribution < 1.29 is 13.9 Å². The van der Waals surface area contributed by atoms with E-state index in [0.717, 1.165) is 24.4 Å². The first kappa shape index (κ1) is 17.7. The molecule has 1 saturated heterocycles. The fourth-order valence-corrected chi connectivity index (χ4v) is 3.01. The number of nitrogens with one attached hydrogen (secondary N) is 1. The quantitative estimate of drug-likeness (QED) is 0.804. The maximum absolute atomic E-state index is 12.2. The summed E-state index contributed by atoms with van der Waals surface area (Å²) in [6.07, 6.45) is 4.87. The first-order valence-electron chi connectivity index (χ1n) is 8.29. The molecule has 6 heteroatoms. The lowest BCUT2D eigenvalue weighted by atomic mass is 10.1. The third kappa shape index (κ3) is 4.95. The lowest BCUT2D eigenvalue weighted by Gasteiger charge is -2.33. The molecule has 1 aliphatic rings. The zero-order valence-corrected chi connectivity index (χ0v) is 14.6. The summed E-state index contributed by atoms with van der Waals surface area (Å²) in [5.74, 6) is 0.682. The molecule has 0 bridgehead atoms. The Kier molecular flexibility index (Phi) is 6.28. The number of rotatable bonds is 6. The maximum atomic E-state index is 12.2. The average molecular weight is 361 g/mol. The third-order valence-corrected chi connectivity index (χ3v) is 4.49. The van der Waals surface area contributed by atoms with Crippen LogP contribution in [0, 0.1) is 0 Å². The Morgan fingerprint density at radius 2 is 2.04 bits per heavy atom. The van der Waals surface area contributed by atoms with Gasteiger partial charge in [-0.1, -0.05) is 29.8 Å². The number of halogens is 1. The Labute approximate surface area is 152 Å². The summed E-state index contributed by atoms with van der Waals surface area (Å²) in [5, 5.41) is 3.57. The van der Waals surface area contributed by atoms with Crippen LogP contribution >= 0.6 is 11.6 Å². The summed E-state index contributed by atoms with van der Waals surface area (Å²) in [4.78, 5) is 14.4. The minimum absolute atomic E-state index is 0.00318. The van der Waals surface area contributed by atoms with Crippen LogP contribution in [0.3, 0.4) is 0 Å². The zero-order valence-electron chi connectivity index (χ0n) is 13.9. The number of amides is 1. The highest BCUT2D eigenvalue weighted by Gasteiger charge is 2.24. The molecule has 1 atom stereocenters. The van der Waals surface area contributed by atoms with Gasteiger partial charge in [0.15, 0.2) is 0 Å². The molecule has 2 aromatic rings. The summed E-state index contributed by atoms with van der Waals surface area (Å²) < 4.78 is 11.0. The van der Waals surface area contributed by atoms with E-state index in [2.05, 4.69) is 10.2 Å². The molecule has 0 radical (unpaired) electrons. The molecule has 1 N–H and O–H groups in total. The van der Waals surface area contributed by atoms with Gasteiger partial charge in [0, 0.05) is 30.7 Å². The van der Waals surface area contributed by atoms with Crippen molar-refractivity contribution in [1.29, 1.82) is 0 Å². The predicted octanol–water partition coefficient (Wildman–Crippen LogP) is 3.14. The lowest BCUT2D eigenvalue weighted by Crippen LogP contribution is -2.43. The molecule has 2 heterocycles. The standard InChI is InChI=1S/C19H21ClN2O3/c20-16-5-2-1-4-15(16)7-8-19(23)21-14-17(18-6-3-11-25-18)22-9-12-24-13-10-22/h1-8,11,17H,9-10,12-14H2,(H,21,23)/b8-7+. The highest BCUT2D eigenvalue weighted by Crippen LogP contribution is 2.21. The number of benzene rings is 1. The smallest absolute Gasteiger partial charge is 0.244 e. The molecular weight excluding hydrogens is 340 g/mol. The number of ether oxygens (including phenoxy) is 1. The highest BCUT2D eigenvalue weighted by molar-refractivity contribution is 6.32. The van der Waals surface area contributed by atoms with Crippen molar-refractivity contribution in [2.45, 2.75) is 6.04 Å². The summed E-state index contributed by atoms with van der Waals surface area (Å²) in [6.45, 7) is 3.49. The van der Waals surface area contributed by atoms with E-state index in [1.54, 1.807) is 18.4 Å². The summed E-state index contributed by atoms with van der Waals surface area (Å²) in [6, 6.07) is 11.2. The molecule has 1 aromatic carbocycles. The van der Waals surface area contributed by atoms with Crippen LogP contribution in [0.25, 0.3) is 6.08 Å². The van der Waals surface area contributed by atoms with E-state index >= 15 is 0 Å². The molecule has 1 unspecified atom stereocenters. The van der Waals surface area contributed by atoms with Gasteiger partial charge in [0.2, 0.25) is 5.91 Å². The molecule has 1 fully saturated rings. The van der Waals surface area contributed by atoms with E-state index < -0.39 is 0 Å². The van der Waals surface area contributed by atoms with Crippen molar-refractivity contribution in [3.8, 4) is 0 Å². The first-order chi connectivity index (χ1) is 12.2. The largest absolute Gasteiger partial charge is 0.468 e. The molecule has 1 aromatic heterocycles. The molecule has 0 aliphatic carbocycles. The minimum Gasteiger partial charge on any atom is -0.468 e. The van der Waals surface area contributed by atoms with Gasteiger partial charge in [-0.2, -0.15) is 0 Å². The van der Waals surface area contributed by atoms with Crippen molar-refractivity contribution in [3.05, 3.63) is 65.1 Å². The number of hydrogen-bond acceptors (Lipinski definition) is 4. The summed E-state index contributed by atoms with van der Waals surface area (Å²) in [5.41, 5.74) is 0.815. The second kappa shape index (κ2) is 8.85. The van der Waals surface area contributed by atoms with Gasteiger partial charge in [0.05, 0.1) is 25.5 Å². The van der Waals surface area contributed by atoms with Crippen LogP contribution in [0.5, 0.6) is 0 Å². The number of carbonyl (C=O) groups excluding carboxylic acids is 1. The minimum atomic E-state index is -0.162. The number of nitrogens with zero attached hydrogens (tertiary/aromatic N) is 1. The number of hydrogen-bond donors (Lipinski definition) is 1. The highest BCUT2D eigenvalue weighted by atomic mass is 35.5. The van der Waals surface area contributed by atoms with Crippen LogP contribution in [0.2, 0.25) is 5.02 Å². The molecule has 3 rings (SSSR count). The average Bonchev–Trinajstić information content (AvgIpc) is 3.16. The van der Waals surface area contributed by atoms with Gasteiger partial charge in [-0.15, -0.1) is 0 Å².